The van der Waals surface area contributed by atoms with Crippen LogP contribution < -0.4 is 0 Å². The predicted octanol–water partition coefficient (Wildman–Crippen LogP) is 2.97. The summed E-state index contributed by atoms with van der Waals surface area (Å²) in [6.07, 6.45) is 5.76. The Balaban J connectivity index is 2.22. The lowest BCUT2D eigenvalue weighted by Crippen LogP contribution is -2.48. The molecular weight excluding hydrogens is 160 g/mol. The molecule has 2 saturated carbocycles. The van der Waals surface area contributed by atoms with Gasteiger partial charge in [-0.1, -0.05) is 20.8 Å². The summed E-state index contributed by atoms with van der Waals surface area (Å²) in [6.45, 7) is 6.94. The Morgan fingerprint density at radius 3 is 1.85 bits per heavy atom. The lowest BCUT2D eigenvalue weighted by molar-refractivity contribution is -0.114. The molecule has 1 heteroatoms. The lowest BCUT2D eigenvalue weighted by Gasteiger charge is -2.52. The summed E-state index contributed by atoms with van der Waals surface area (Å²) in [6, 6.07) is 0. The van der Waals surface area contributed by atoms with Gasteiger partial charge in [-0.2, -0.15) is 0 Å². The number of aliphatic hydroxyl groups is 1. The van der Waals surface area contributed by atoms with Gasteiger partial charge in [0, 0.05) is 0 Å². The van der Waals surface area contributed by atoms with Gasteiger partial charge >= 0.3 is 0 Å². The quantitative estimate of drug-likeness (QED) is 0.610. The Morgan fingerprint density at radius 1 is 1.00 bits per heavy atom. The standard InChI is InChI=1S/C12H22O/c1-9-4-11(3)5-10(2)7-12(13,6-9)8-11/h9-10,13H,4-8H2,1-3H3. The number of fused-ring (bicyclic) bond motifs is 2. The maximum Gasteiger partial charge on any atom is 0.0658 e. The largest absolute Gasteiger partial charge is 0.390 e. The molecule has 1 nitrogen and oxygen atoms in total. The smallest absolute Gasteiger partial charge is 0.0658 e. The number of rotatable bonds is 0. The van der Waals surface area contributed by atoms with Crippen molar-refractivity contribution in [1.82, 2.24) is 0 Å². The van der Waals surface area contributed by atoms with E-state index in [1.165, 1.54) is 12.8 Å². The van der Waals surface area contributed by atoms with E-state index in [0.717, 1.165) is 31.1 Å². The van der Waals surface area contributed by atoms with Gasteiger partial charge in [0.25, 0.3) is 0 Å². The highest BCUT2D eigenvalue weighted by atomic mass is 16.3. The second kappa shape index (κ2) is 2.73. The van der Waals surface area contributed by atoms with Crippen molar-refractivity contribution in [2.24, 2.45) is 17.3 Å². The van der Waals surface area contributed by atoms with Crippen LogP contribution in [0.2, 0.25) is 0 Å². The van der Waals surface area contributed by atoms with Crippen molar-refractivity contribution in [2.75, 3.05) is 0 Å². The molecule has 0 aromatic rings. The SMILES string of the molecule is CC1CC2(C)CC(C)CC(O)(C1)C2. The van der Waals surface area contributed by atoms with Gasteiger partial charge in [0.15, 0.2) is 0 Å². The zero-order valence-electron chi connectivity index (χ0n) is 9.14. The molecule has 0 aromatic heterocycles. The van der Waals surface area contributed by atoms with E-state index < -0.39 is 0 Å². The monoisotopic (exact) mass is 182 g/mol. The molecular formula is C12H22O. The molecule has 2 rings (SSSR count). The van der Waals surface area contributed by atoms with E-state index in [-0.39, 0.29) is 5.60 Å². The summed E-state index contributed by atoms with van der Waals surface area (Å²) in [5.74, 6) is 1.44. The van der Waals surface area contributed by atoms with Gasteiger partial charge in [-0.15, -0.1) is 0 Å². The van der Waals surface area contributed by atoms with Gasteiger partial charge in [0.05, 0.1) is 5.60 Å². The third-order valence-electron chi connectivity index (χ3n) is 3.90. The fourth-order valence-electron chi connectivity index (χ4n) is 4.37. The van der Waals surface area contributed by atoms with Gasteiger partial charge in [0.1, 0.15) is 0 Å². The normalized spacial score (nSPS) is 56.3. The molecule has 2 fully saturated rings. The zero-order valence-corrected chi connectivity index (χ0v) is 9.14. The summed E-state index contributed by atoms with van der Waals surface area (Å²) in [5, 5.41) is 10.4. The summed E-state index contributed by atoms with van der Waals surface area (Å²) in [5.41, 5.74) is 0.119. The molecule has 0 aliphatic heterocycles. The fraction of sp³-hybridized carbons (Fsp3) is 1.00. The Bertz CT molecular complexity index is 175. The molecule has 0 heterocycles. The highest BCUT2D eigenvalue weighted by Crippen LogP contribution is 2.54. The van der Waals surface area contributed by atoms with Crippen molar-refractivity contribution in [1.29, 1.82) is 0 Å². The molecule has 0 radical (unpaired) electrons. The first-order valence-corrected chi connectivity index (χ1v) is 5.63. The second-order valence-electron chi connectivity index (χ2n) is 6.24. The molecule has 2 aliphatic rings. The average molecular weight is 182 g/mol. The maximum absolute atomic E-state index is 10.4. The Kier molecular flexibility index (Phi) is 1.99. The van der Waals surface area contributed by atoms with Crippen LogP contribution in [0.3, 0.4) is 0 Å². The Morgan fingerprint density at radius 2 is 1.46 bits per heavy atom. The van der Waals surface area contributed by atoms with Crippen LogP contribution in [0.1, 0.15) is 52.9 Å². The fourth-order valence-corrected chi connectivity index (χ4v) is 4.37. The van der Waals surface area contributed by atoms with Crippen LogP contribution in [0, 0.1) is 17.3 Å². The summed E-state index contributed by atoms with van der Waals surface area (Å²) in [4.78, 5) is 0. The highest BCUT2D eigenvalue weighted by molar-refractivity contribution is 5.00. The van der Waals surface area contributed by atoms with E-state index in [9.17, 15) is 5.11 Å². The molecule has 2 aliphatic carbocycles. The van der Waals surface area contributed by atoms with Crippen molar-refractivity contribution in [3.8, 4) is 0 Å². The molecule has 0 saturated heterocycles. The van der Waals surface area contributed by atoms with Gasteiger partial charge in [-0.3, -0.25) is 0 Å². The molecule has 13 heavy (non-hydrogen) atoms. The molecule has 0 aromatic carbocycles. The third-order valence-corrected chi connectivity index (χ3v) is 3.90. The van der Waals surface area contributed by atoms with Crippen LogP contribution in [0.25, 0.3) is 0 Å². The molecule has 2 bridgehead atoms. The molecule has 2 atom stereocenters. The van der Waals surface area contributed by atoms with Crippen LogP contribution in [0.4, 0.5) is 0 Å². The van der Waals surface area contributed by atoms with E-state index in [4.69, 9.17) is 0 Å². The van der Waals surface area contributed by atoms with Gasteiger partial charge in [0.2, 0.25) is 0 Å². The second-order valence-corrected chi connectivity index (χ2v) is 6.24. The Labute approximate surface area is 81.5 Å². The van der Waals surface area contributed by atoms with Crippen LogP contribution in [-0.4, -0.2) is 10.7 Å². The van der Waals surface area contributed by atoms with Crippen molar-refractivity contribution >= 4 is 0 Å². The third kappa shape index (κ3) is 1.76. The average Bonchev–Trinajstić information content (AvgIpc) is 1.75. The molecule has 2 unspecified atom stereocenters. The molecule has 0 spiro atoms. The van der Waals surface area contributed by atoms with Crippen LogP contribution in [0.5, 0.6) is 0 Å². The lowest BCUT2D eigenvalue weighted by atomic mass is 9.56. The van der Waals surface area contributed by atoms with Crippen molar-refractivity contribution in [3.05, 3.63) is 0 Å². The van der Waals surface area contributed by atoms with E-state index in [0.29, 0.717) is 5.41 Å². The van der Waals surface area contributed by atoms with Crippen molar-refractivity contribution in [2.45, 2.75) is 58.5 Å². The number of hydrogen-bond donors (Lipinski definition) is 1. The van der Waals surface area contributed by atoms with Gasteiger partial charge in [-0.05, 0) is 49.4 Å². The molecule has 76 valence electrons. The topological polar surface area (TPSA) is 20.2 Å². The highest BCUT2D eigenvalue weighted by Gasteiger charge is 2.48. The van der Waals surface area contributed by atoms with Crippen LogP contribution in [-0.2, 0) is 0 Å². The molecule has 1 N–H and O–H groups in total. The van der Waals surface area contributed by atoms with E-state index >= 15 is 0 Å². The molecule has 0 amide bonds. The first kappa shape index (κ1) is 9.51. The maximum atomic E-state index is 10.4. The zero-order chi connectivity index (χ0) is 9.69. The van der Waals surface area contributed by atoms with E-state index in [2.05, 4.69) is 20.8 Å². The Hall–Kier alpha value is -0.0400. The number of hydrogen-bond acceptors (Lipinski definition) is 1. The van der Waals surface area contributed by atoms with Crippen LogP contribution in [0.15, 0.2) is 0 Å². The first-order valence-electron chi connectivity index (χ1n) is 5.63. The summed E-state index contributed by atoms with van der Waals surface area (Å²) in [7, 11) is 0. The van der Waals surface area contributed by atoms with E-state index in [1.807, 2.05) is 0 Å². The minimum absolute atomic E-state index is 0.315. The van der Waals surface area contributed by atoms with E-state index in [1.54, 1.807) is 0 Å². The van der Waals surface area contributed by atoms with Gasteiger partial charge in [-0.25, -0.2) is 0 Å². The first-order chi connectivity index (χ1) is 5.91. The van der Waals surface area contributed by atoms with Crippen LogP contribution >= 0.6 is 0 Å². The van der Waals surface area contributed by atoms with Crippen molar-refractivity contribution in [3.63, 3.8) is 0 Å². The minimum atomic E-state index is -0.315. The summed E-state index contributed by atoms with van der Waals surface area (Å²) >= 11 is 0. The predicted molar refractivity (Wildman–Crippen MR) is 54.5 cm³/mol. The summed E-state index contributed by atoms with van der Waals surface area (Å²) < 4.78 is 0. The van der Waals surface area contributed by atoms with Crippen molar-refractivity contribution < 1.29 is 5.11 Å². The van der Waals surface area contributed by atoms with Gasteiger partial charge < -0.3 is 5.11 Å². The minimum Gasteiger partial charge on any atom is -0.390 e.